The van der Waals surface area contributed by atoms with Crippen LogP contribution in [0.1, 0.15) is 51.8 Å². The Bertz CT molecular complexity index is 797. The van der Waals surface area contributed by atoms with Gasteiger partial charge in [-0.15, -0.1) is 0 Å². The second kappa shape index (κ2) is 6.57. The van der Waals surface area contributed by atoms with Crippen LogP contribution < -0.4 is 0 Å². The van der Waals surface area contributed by atoms with Crippen LogP contribution in [0, 0.1) is 6.92 Å². The molecule has 4 heteroatoms. The molecule has 0 saturated heterocycles. The lowest BCUT2D eigenvalue weighted by Gasteiger charge is -2.12. The van der Waals surface area contributed by atoms with Crippen LogP contribution in [0.5, 0.6) is 0 Å². The zero-order valence-corrected chi connectivity index (χ0v) is 14.6. The first-order valence-corrected chi connectivity index (χ1v) is 8.66. The zero-order chi connectivity index (χ0) is 16.4. The summed E-state index contributed by atoms with van der Waals surface area (Å²) in [5, 5.41) is 6.14. The highest BCUT2D eigenvalue weighted by Gasteiger charge is 2.18. The zero-order valence-electron chi connectivity index (χ0n) is 14.6. The first-order chi connectivity index (χ1) is 11.2. The number of pyridine rings is 1. The van der Waals surface area contributed by atoms with Crippen molar-refractivity contribution in [2.75, 3.05) is 0 Å². The van der Waals surface area contributed by atoms with Crippen LogP contribution in [0.4, 0.5) is 0 Å². The predicted octanol–water partition coefficient (Wildman–Crippen LogP) is 4.98. The SMILES string of the molecule is CCCC(C)n1nc(-c2cccn2CCC)c2cnc(C)cc21. The number of hydrogen-bond donors (Lipinski definition) is 0. The van der Waals surface area contributed by atoms with E-state index in [9.17, 15) is 0 Å². The molecule has 23 heavy (non-hydrogen) atoms. The first-order valence-electron chi connectivity index (χ1n) is 8.66. The number of nitrogens with zero attached hydrogens (tertiary/aromatic N) is 4. The van der Waals surface area contributed by atoms with Gasteiger partial charge in [-0.1, -0.05) is 20.3 Å². The van der Waals surface area contributed by atoms with Gasteiger partial charge in [0, 0.05) is 36.1 Å². The van der Waals surface area contributed by atoms with Crippen molar-refractivity contribution < 1.29 is 0 Å². The standard InChI is InChI=1S/C19H26N4/c1-5-8-15(4)23-18-12-14(3)20-13-16(18)19(21-23)17-9-7-11-22(17)10-6-2/h7,9,11-13,15H,5-6,8,10H2,1-4H3. The lowest BCUT2D eigenvalue weighted by Crippen LogP contribution is -2.07. The van der Waals surface area contributed by atoms with E-state index in [0.717, 1.165) is 42.6 Å². The Hall–Kier alpha value is -2.10. The molecule has 0 aliphatic heterocycles. The molecule has 3 heterocycles. The van der Waals surface area contributed by atoms with Gasteiger partial charge in [0.05, 0.1) is 11.2 Å². The lowest BCUT2D eigenvalue weighted by molar-refractivity contribution is 0.469. The minimum atomic E-state index is 0.396. The van der Waals surface area contributed by atoms with Gasteiger partial charge >= 0.3 is 0 Å². The first kappa shape index (κ1) is 15.8. The van der Waals surface area contributed by atoms with Crippen molar-refractivity contribution in [2.45, 2.75) is 59.5 Å². The van der Waals surface area contributed by atoms with E-state index in [0.29, 0.717) is 6.04 Å². The van der Waals surface area contributed by atoms with Gasteiger partial charge in [-0.2, -0.15) is 5.10 Å². The van der Waals surface area contributed by atoms with Crippen LogP contribution in [0.3, 0.4) is 0 Å². The molecule has 3 aromatic heterocycles. The summed E-state index contributed by atoms with van der Waals surface area (Å²) < 4.78 is 4.47. The van der Waals surface area contributed by atoms with E-state index >= 15 is 0 Å². The van der Waals surface area contributed by atoms with Crippen LogP contribution in [0.25, 0.3) is 22.3 Å². The molecule has 0 fully saturated rings. The Kier molecular flexibility index (Phi) is 4.51. The highest BCUT2D eigenvalue weighted by molar-refractivity contribution is 5.92. The summed E-state index contributed by atoms with van der Waals surface area (Å²) in [5.41, 5.74) is 4.47. The molecular formula is C19H26N4. The second-order valence-corrected chi connectivity index (χ2v) is 6.36. The van der Waals surface area contributed by atoms with E-state index in [2.05, 4.69) is 59.4 Å². The average Bonchev–Trinajstić information content (AvgIpc) is 3.11. The van der Waals surface area contributed by atoms with Gasteiger partial charge in [0.2, 0.25) is 0 Å². The van der Waals surface area contributed by atoms with Crippen molar-refractivity contribution in [1.82, 2.24) is 19.3 Å². The quantitative estimate of drug-likeness (QED) is 0.643. The number of rotatable bonds is 6. The summed E-state index contributed by atoms with van der Waals surface area (Å²) >= 11 is 0. The van der Waals surface area contributed by atoms with Crippen molar-refractivity contribution in [2.24, 2.45) is 0 Å². The lowest BCUT2D eigenvalue weighted by atomic mass is 10.1. The Morgan fingerprint density at radius 3 is 2.78 bits per heavy atom. The molecule has 0 spiro atoms. The van der Waals surface area contributed by atoms with E-state index in [1.54, 1.807) is 0 Å². The summed E-state index contributed by atoms with van der Waals surface area (Å²) in [4.78, 5) is 4.51. The fourth-order valence-corrected chi connectivity index (χ4v) is 3.26. The Balaban J connectivity index is 2.19. The van der Waals surface area contributed by atoms with Crippen molar-refractivity contribution in [1.29, 1.82) is 0 Å². The van der Waals surface area contributed by atoms with Crippen LogP contribution in [0.15, 0.2) is 30.6 Å². The largest absolute Gasteiger partial charge is 0.346 e. The van der Waals surface area contributed by atoms with Crippen LogP contribution in [0.2, 0.25) is 0 Å². The summed E-state index contributed by atoms with van der Waals surface area (Å²) in [6, 6.07) is 6.82. The third kappa shape index (κ3) is 2.90. The highest BCUT2D eigenvalue weighted by atomic mass is 15.3. The molecule has 0 saturated carbocycles. The average molecular weight is 310 g/mol. The molecule has 122 valence electrons. The molecule has 0 aliphatic rings. The van der Waals surface area contributed by atoms with Gasteiger partial charge in [0.1, 0.15) is 5.69 Å². The Morgan fingerprint density at radius 2 is 2.04 bits per heavy atom. The van der Waals surface area contributed by atoms with Gasteiger partial charge in [0.15, 0.2) is 0 Å². The number of fused-ring (bicyclic) bond motifs is 1. The van der Waals surface area contributed by atoms with Gasteiger partial charge in [-0.3, -0.25) is 9.67 Å². The molecular weight excluding hydrogens is 284 g/mol. The summed E-state index contributed by atoms with van der Waals surface area (Å²) in [6.07, 6.45) is 7.53. The fraction of sp³-hybridized carbons (Fsp3) is 0.474. The molecule has 3 aromatic rings. The van der Waals surface area contributed by atoms with E-state index in [1.165, 1.54) is 11.2 Å². The summed E-state index contributed by atoms with van der Waals surface area (Å²) in [5.74, 6) is 0. The van der Waals surface area contributed by atoms with Crippen molar-refractivity contribution in [3.63, 3.8) is 0 Å². The highest BCUT2D eigenvalue weighted by Crippen LogP contribution is 2.31. The molecule has 1 unspecified atom stereocenters. The summed E-state index contributed by atoms with van der Waals surface area (Å²) in [7, 11) is 0. The van der Waals surface area contributed by atoms with E-state index < -0.39 is 0 Å². The molecule has 1 atom stereocenters. The van der Waals surface area contributed by atoms with Crippen LogP contribution >= 0.6 is 0 Å². The van der Waals surface area contributed by atoms with Crippen molar-refractivity contribution in [3.8, 4) is 11.4 Å². The smallest absolute Gasteiger partial charge is 0.118 e. The Labute approximate surface area is 138 Å². The van der Waals surface area contributed by atoms with E-state index in [-0.39, 0.29) is 0 Å². The molecule has 0 aromatic carbocycles. The maximum absolute atomic E-state index is 4.99. The number of hydrogen-bond acceptors (Lipinski definition) is 2. The second-order valence-electron chi connectivity index (χ2n) is 6.36. The maximum atomic E-state index is 4.99. The number of aromatic nitrogens is 4. The topological polar surface area (TPSA) is 35.6 Å². The molecule has 0 bridgehead atoms. The molecule has 4 nitrogen and oxygen atoms in total. The number of aryl methyl sites for hydroxylation is 2. The predicted molar refractivity (Wildman–Crippen MR) is 95.6 cm³/mol. The molecule has 3 rings (SSSR count). The van der Waals surface area contributed by atoms with Crippen LogP contribution in [-0.4, -0.2) is 19.3 Å². The van der Waals surface area contributed by atoms with Gasteiger partial charge < -0.3 is 4.57 Å². The minimum Gasteiger partial charge on any atom is -0.346 e. The van der Waals surface area contributed by atoms with Gasteiger partial charge in [-0.25, -0.2) is 0 Å². The third-order valence-electron chi connectivity index (χ3n) is 4.39. The molecule has 0 N–H and O–H groups in total. The monoisotopic (exact) mass is 310 g/mol. The fourth-order valence-electron chi connectivity index (χ4n) is 3.26. The molecule has 0 radical (unpaired) electrons. The van der Waals surface area contributed by atoms with Gasteiger partial charge in [-0.05, 0) is 44.9 Å². The van der Waals surface area contributed by atoms with E-state index in [1.807, 2.05) is 13.1 Å². The molecule has 0 aliphatic carbocycles. The van der Waals surface area contributed by atoms with Crippen molar-refractivity contribution in [3.05, 3.63) is 36.3 Å². The Morgan fingerprint density at radius 1 is 1.22 bits per heavy atom. The summed E-state index contributed by atoms with van der Waals surface area (Å²) in [6.45, 7) is 9.73. The van der Waals surface area contributed by atoms with E-state index in [4.69, 9.17) is 5.10 Å². The van der Waals surface area contributed by atoms with Crippen LogP contribution in [-0.2, 0) is 6.54 Å². The third-order valence-corrected chi connectivity index (χ3v) is 4.39. The minimum absolute atomic E-state index is 0.396. The van der Waals surface area contributed by atoms with Gasteiger partial charge in [0.25, 0.3) is 0 Å². The maximum Gasteiger partial charge on any atom is 0.118 e. The van der Waals surface area contributed by atoms with Crippen molar-refractivity contribution >= 4 is 10.9 Å². The normalized spacial score (nSPS) is 12.9. The molecule has 0 amide bonds.